The minimum atomic E-state index is 0.731. The molecule has 0 bridgehead atoms. The predicted molar refractivity (Wildman–Crippen MR) is 84.8 cm³/mol. The van der Waals surface area contributed by atoms with Gasteiger partial charge in [0.1, 0.15) is 0 Å². The van der Waals surface area contributed by atoms with Gasteiger partial charge in [0.25, 0.3) is 0 Å². The number of rotatable bonds is 9. The molecule has 1 heterocycles. The molecule has 114 valence electrons. The van der Waals surface area contributed by atoms with E-state index in [9.17, 15) is 0 Å². The largest absolute Gasteiger partial charge is 0.314 e. The van der Waals surface area contributed by atoms with E-state index in [4.69, 9.17) is 0 Å². The predicted octanol–water partition coefficient (Wildman–Crippen LogP) is 2.57. The van der Waals surface area contributed by atoms with Crippen LogP contribution in [0.4, 0.5) is 0 Å². The maximum absolute atomic E-state index is 3.66. The van der Waals surface area contributed by atoms with E-state index in [1.165, 1.54) is 65.0 Å². The van der Waals surface area contributed by atoms with Crippen LogP contribution in [0.25, 0.3) is 0 Å². The van der Waals surface area contributed by atoms with Crippen LogP contribution in [-0.2, 0) is 0 Å². The Morgan fingerprint density at radius 1 is 1.21 bits per heavy atom. The molecule has 1 saturated heterocycles. The Balaban J connectivity index is 2.15. The van der Waals surface area contributed by atoms with Crippen LogP contribution in [0.1, 0.15) is 53.4 Å². The van der Waals surface area contributed by atoms with Crippen molar-refractivity contribution in [1.82, 2.24) is 15.1 Å². The summed E-state index contributed by atoms with van der Waals surface area (Å²) in [6, 6.07) is 1.47. The summed E-state index contributed by atoms with van der Waals surface area (Å²) in [7, 11) is 0. The monoisotopic (exact) mass is 269 g/mol. The molecule has 2 atom stereocenters. The van der Waals surface area contributed by atoms with E-state index in [1.807, 2.05) is 0 Å². The Morgan fingerprint density at radius 3 is 2.58 bits per heavy atom. The number of piperazine rings is 1. The van der Waals surface area contributed by atoms with Gasteiger partial charge in [0, 0.05) is 31.7 Å². The Hall–Kier alpha value is -0.120. The van der Waals surface area contributed by atoms with Crippen LogP contribution in [0.15, 0.2) is 0 Å². The fourth-order valence-corrected chi connectivity index (χ4v) is 3.10. The van der Waals surface area contributed by atoms with Gasteiger partial charge in [-0.3, -0.25) is 4.90 Å². The average molecular weight is 269 g/mol. The molecular formula is C16H35N3. The van der Waals surface area contributed by atoms with Gasteiger partial charge < -0.3 is 10.2 Å². The van der Waals surface area contributed by atoms with Crippen LogP contribution < -0.4 is 5.32 Å². The second-order valence-corrected chi connectivity index (χ2v) is 5.98. The topological polar surface area (TPSA) is 18.5 Å². The van der Waals surface area contributed by atoms with Gasteiger partial charge in [-0.05, 0) is 52.2 Å². The Kier molecular flexibility index (Phi) is 8.67. The summed E-state index contributed by atoms with van der Waals surface area (Å²) >= 11 is 0. The average Bonchev–Trinajstić information content (AvgIpc) is 2.42. The quantitative estimate of drug-likeness (QED) is 0.694. The maximum Gasteiger partial charge on any atom is 0.0195 e. The lowest BCUT2D eigenvalue weighted by atomic mass is 10.1. The first-order valence-electron chi connectivity index (χ1n) is 8.40. The molecule has 0 aromatic rings. The molecule has 3 heteroatoms. The van der Waals surface area contributed by atoms with Gasteiger partial charge in [-0.15, -0.1) is 0 Å². The standard InChI is InChI=1S/C16H35N3/c1-5-10-17-16(6-2)9-8-11-18-12-13-19(7-3)15(4)14-18/h15-17H,5-14H2,1-4H3. The highest BCUT2D eigenvalue weighted by Crippen LogP contribution is 2.11. The molecular weight excluding hydrogens is 234 g/mol. The van der Waals surface area contributed by atoms with Crippen molar-refractivity contribution in [1.29, 1.82) is 0 Å². The first-order chi connectivity index (χ1) is 9.21. The molecule has 1 N–H and O–H groups in total. The highest BCUT2D eigenvalue weighted by Gasteiger charge is 2.21. The molecule has 0 saturated carbocycles. The SMILES string of the molecule is CCCNC(CC)CCCN1CCN(CC)C(C)C1. The zero-order valence-corrected chi connectivity index (χ0v) is 13.6. The van der Waals surface area contributed by atoms with Crippen LogP contribution in [0.5, 0.6) is 0 Å². The molecule has 0 amide bonds. The molecule has 0 spiro atoms. The third-order valence-corrected chi connectivity index (χ3v) is 4.46. The third kappa shape index (κ3) is 6.24. The van der Waals surface area contributed by atoms with E-state index >= 15 is 0 Å². The Labute approximate surface area is 120 Å². The van der Waals surface area contributed by atoms with Gasteiger partial charge in [-0.2, -0.15) is 0 Å². The van der Waals surface area contributed by atoms with Crippen molar-refractivity contribution in [2.75, 3.05) is 39.3 Å². The zero-order valence-electron chi connectivity index (χ0n) is 13.6. The first kappa shape index (κ1) is 16.9. The van der Waals surface area contributed by atoms with E-state index in [0.717, 1.165) is 12.1 Å². The minimum Gasteiger partial charge on any atom is -0.314 e. The van der Waals surface area contributed by atoms with Crippen molar-refractivity contribution in [3.63, 3.8) is 0 Å². The summed E-state index contributed by atoms with van der Waals surface area (Å²) in [6.45, 7) is 16.6. The molecule has 1 rings (SSSR count). The molecule has 3 nitrogen and oxygen atoms in total. The van der Waals surface area contributed by atoms with Crippen molar-refractivity contribution in [2.24, 2.45) is 0 Å². The first-order valence-corrected chi connectivity index (χ1v) is 8.40. The van der Waals surface area contributed by atoms with E-state index < -0.39 is 0 Å². The molecule has 0 aliphatic carbocycles. The number of nitrogens with zero attached hydrogens (tertiary/aromatic N) is 2. The summed E-state index contributed by atoms with van der Waals surface area (Å²) in [5.41, 5.74) is 0. The lowest BCUT2D eigenvalue weighted by Crippen LogP contribution is -2.51. The van der Waals surface area contributed by atoms with Crippen molar-refractivity contribution in [3.05, 3.63) is 0 Å². The van der Waals surface area contributed by atoms with E-state index in [0.29, 0.717) is 0 Å². The summed E-state index contributed by atoms with van der Waals surface area (Å²) in [4.78, 5) is 5.25. The molecule has 0 aromatic heterocycles. The molecule has 2 unspecified atom stereocenters. The number of likely N-dealkylation sites (N-methyl/N-ethyl adjacent to an activating group) is 1. The normalized spacial score (nSPS) is 23.7. The summed E-state index contributed by atoms with van der Waals surface area (Å²) in [6.07, 6.45) is 5.18. The fourth-order valence-electron chi connectivity index (χ4n) is 3.10. The molecule has 0 aromatic carbocycles. The van der Waals surface area contributed by atoms with Crippen LogP contribution >= 0.6 is 0 Å². The van der Waals surface area contributed by atoms with Crippen LogP contribution in [0.3, 0.4) is 0 Å². The number of nitrogens with one attached hydrogen (secondary N) is 1. The second-order valence-electron chi connectivity index (χ2n) is 5.98. The summed E-state index contributed by atoms with van der Waals surface area (Å²) in [5, 5.41) is 3.66. The van der Waals surface area contributed by atoms with Crippen molar-refractivity contribution >= 4 is 0 Å². The van der Waals surface area contributed by atoms with Crippen molar-refractivity contribution in [2.45, 2.75) is 65.5 Å². The molecule has 1 aliphatic heterocycles. The summed E-state index contributed by atoms with van der Waals surface area (Å²) < 4.78 is 0. The maximum atomic E-state index is 3.66. The van der Waals surface area contributed by atoms with Gasteiger partial charge in [0.2, 0.25) is 0 Å². The van der Waals surface area contributed by atoms with Gasteiger partial charge >= 0.3 is 0 Å². The van der Waals surface area contributed by atoms with Gasteiger partial charge in [0.15, 0.2) is 0 Å². The summed E-state index contributed by atoms with van der Waals surface area (Å²) in [5.74, 6) is 0. The van der Waals surface area contributed by atoms with Crippen LogP contribution in [0, 0.1) is 0 Å². The Bertz CT molecular complexity index is 220. The highest BCUT2D eigenvalue weighted by atomic mass is 15.3. The minimum absolute atomic E-state index is 0.731. The van der Waals surface area contributed by atoms with E-state index in [2.05, 4.69) is 42.8 Å². The van der Waals surface area contributed by atoms with E-state index in [-0.39, 0.29) is 0 Å². The molecule has 0 radical (unpaired) electrons. The van der Waals surface area contributed by atoms with Crippen molar-refractivity contribution in [3.8, 4) is 0 Å². The van der Waals surface area contributed by atoms with Gasteiger partial charge in [0.05, 0.1) is 0 Å². The van der Waals surface area contributed by atoms with Gasteiger partial charge in [-0.1, -0.05) is 20.8 Å². The molecule has 1 fully saturated rings. The van der Waals surface area contributed by atoms with Crippen LogP contribution in [0.2, 0.25) is 0 Å². The molecule has 19 heavy (non-hydrogen) atoms. The lowest BCUT2D eigenvalue weighted by Gasteiger charge is -2.39. The fraction of sp³-hybridized carbons (Fsp3) is 1.00. The van der Waals surface area contributed by atoms with E-state index in [1.54, 1.807) is 0 Å². The van der Waals surface area contributed by atoms with Gasteiger partial charge in [-0.25, -0.2) is 0 Å². The smallest absolute Gasteiger partial charge is 0.0195 e. The zero-order chi connectivity index (χ0) is 14.1. The highest BCUT2D eigenvalue weighted by molar-refractivity contribution is 4.78. The number of hydrogen-bond acceptors (Lipinski definition) is 3. The Morgan fingerprint density at radius 2 is 2.00 bits per heavy atom. The lowest BCUT2D eigenvalue weighted by molar-refractivity contribution is 0.0864. The van der Waals surface area contributed by atoms with Crippen molar-refractivity contribution < 1.29 is 0 Å². The third-order valence-electron chi connectivity index (χ3n) is 4.46. The van der Waals surface area contributed by atoms with Crippen LogP contribution in [-0.4, -0.2) is 61.2 Å². The molecule has 1 aliphatic rings. The number of hydrogen-bond donors (Lipinski definition) is 1. The second kappa shape index (κ2) is 9.73.